The Morgan fingerprint density at radius 2 is 1.86 bits per heavy atom. The van der Waals surface area contributed by atoms with Crippen molar-refractivity contribution in [2.45, 2.75) is 39.2 Å². The minimum atomic E-state index is 0.0822. The summed E-state index contributed by atoms with van der Waals surface area (Å²) in [6.07, 6.45) is 10.5. The number of likely N-dealkylation sites (tertiary alicyclic amines) is 1. The molecule has 1 aliphatic rings. The fourth-order valence-corrected chi connectivity index (χ4v) is 5.14. The highest BCUT2D eigenvalue weighted by Gasteiger charge is 2.24. The van der Waals surface area contributed by atoms with E-state index in [1.54, 1.807) is 19.6 Å². The molecule has 0 radical (unpaired) electrons. The number of hydrogen-bond donors (Lipinski definition) is 0. The quantitative estimate of drug-likeness (QED) is 0.246. The molecule has 4 aromatic rings. The fourth-order valence-electron chi connectivity index (χ4n) is 5.14. The summed E-state index contributed by atoms with van der Waals surface area (Å²) in [5, 5.41) is 5.80. The summed E-state index contributed by atoms with van der Waals surface area (Å²) >= 11 is 0. The van der Waals surface area contributed by atoms with Gasteiger partial charge in [-0.2, -0.15) is 5.10 Å². The predicted molar refractivity (Wildman–Crippen MR) is 142 cm³/mol. The predicted octanol–water partition coefficient (Wildman–Crippen LogP) is 4.69. The highest BCUT2D eigenvalue weighted by atomic mass is 16.5. The molecule has 192 valence electrons. The van der Waals surface area contributed by atoms with Crippen molar-refractivity contribution >= 4 is 22.6 Å². The fraction of sp³-hybridized carbons (Fsp3) is 0.379. The zero-order chi connectivity index (χ0) is 25.8. The summed E-state index contributed by atoms with van der Waals surface area (Å²) in [7, 11) is 1.65. The summed E-state index contributed by atoms with van der Waals surface area (Å²) in [6.45, 7) is 4.89. The van der Waals surface area contributed by atoms with Crippen LogP contribution < -0.4 is 0 Å². The number of carbonyl (C=O) groups excluding carboxylic acids is 2. The molecule has 8 heteroatoms. The minimum Gasteiger partial charge on any atom is -0.385 e. The van der Waals surface area contributed by atoms with Crippen molar-refractivity contribution in [2.24, 2.45) is 5.92 Å². The Morgan fingerprint density at radius 1 is 1.08 bits per heavy atom. The second-order valence-electron chi connectivity index (χ2n) is 9.79. The lowest BCUT2D eigenvalue weighted by molar-refractivity contribution is 0.0681. The van der Waals surface area contributed by atoms with E-state index in [2.05, 4.69) is 11.2 Å². The van der Waals surface area contributed by atoms with Crippen molar-refractivity contribution in [3.63, 3.8) is 0 Å². The molecule has 1 fully saturated rings. The lowest BCUT2D eigenvalue weighted by Gasteiger charge is -2.32. The van der Waals surface area contributed by atoms with E-state index in [9.17, 15) is 9.59 Å². The molecular formula is C29H33N5O3. The van der Waals surface area contributed by atoms with Gasteiger partial charge in [0.1, 0.15) is 0 Å². The van der Waals surface area contributed by atoms with E-state index in [1.807, 2.05) is 63.7 Å². The number of benzene rings is 2. The number of hydrogen-bond acceptors (Lipinski definition) is 5. The molecule has 8 nitrogen and oxygen atoms in total. The third kappa shape index (κ3) is 5.49. The molecule has 1 amide bonds. The first-order chi connectivity index (χ1) is 18.0. The van der Waals surface area contributed by atoms with Crippen LogP contribution in [0.3, 0.4) is 0 Å². The Hall–Kier alpha value is -3.78. The third-order valence-corrected chi connectivity index (χ3v) is 7.32. The maximum absolute atomic E-state index is 13.0. The van der Waals surface area contributed by atoms with E-state index in [4.69, 9.17) is 9.84 Å². The van der Waals surface area contributed by atoms with Crippen LogP contribution in [0, 0.1) is 12.8 Å². The Bertz CT molecular complexity index is 1370. The second-order valence-corrected chi connectivity index (χ2v) is 9.79. The smallest absolute Gasteiger partial charge is 0.253 e. The minimum absolute atomic E-state index is 0.0822. The van der Waals surface area contributed by atoms with Crippen LogP contribution >= 0.6 is 0 Å². The van der Waals surface area contributed by atoms with Crippen molar-refractivity contribution in [2.75, 3.05) is 26.8 Å². The second kappa shape index (κ2) is 11.1. The molecule has 5 rings (SSSR count). The largest absolute Gasteiger partial charge is 0.385 e. The van der Waals surface area contributed by atoms with Crippen molar-refractivity contribution < 1.29 is 14.3 Å². The average molecular weight is 500 g/mol. The number of methoxy groups -OCH3 is 1. The SMILES string of the molecule is COCCCC(=O)c1ccc2nn(CC3CCN(C(=O)c4ccc(-n5ccnc5)cc4)CC3)cc2c1C. The lowest BCUT2D eigenvalue weighted by Crippen LogP contribution is -2.39. The summed E-state index contributed by atoms with van der Waals surface area (Å²) < 4.78 is 9.00. The number of piperidine rings is 1. The van der Waals surface area contributed by atoms with E-state index in [-0.39, 0.29) is 11.7 Å². The molecule has 1 aliphatic heterocycles. The van der Waals surface area contributed by atoms with E-state index in [1.165, 1.54) is 0 Å². The number of imidazole rings is 1. The monoisotopic (exact) mass is 499 g/mol. The molecule has 2 aromatic carbocycles. The first-order valence-corrected chi connectivity index (χ1v) is 12.9. The van der Waals surface area contributed by atoms with Crippen molar-refractivity contribution in [3.8, 4) is 5.69 Å². The van der Waals surface area contributed by atoms with Crippen LogP contribution in [0.5, 0.6) is 0 Å². The van der Waals surface area contributed by atoms with Gasteiger partial charge in [-0.15, -0.1) is 0 Å². The van der Waals surface area contributed by atoms with Crippen molar-refractivity contribution in [1.82, 2.24) is 24.2 Å². The Kier molecular flexibility index (Phi) is 7.46. The third-order valence-electron chi connectivity index (χ3n) is 7.32. The van der Waals surface area contributed by atoms with Gasteiger partial charge in [-0.3, -0.25) is 14.3 Å². The number of aromatic nitrogens is 4. The molecule has 0 saturated carbocycles. The van der Waals surface area contributed by atoms with Crippen LogP contribution in [-0.2, 0) is 11.3 Å². The van der Waals surface area contributed by atoms with Gasteiger partial charge in [-0.25, -0.2) is 4.98 Å². The standard InChI is InChI=1S/C29H33N5O3/c1-21-25(28(35)4-3-17-37-2)9-10-27-26(21)19-34(31-27)18-22-11-14-32(15-12-22)29(36)23-5-7-24(8-6-23)33-16-13-30-20-33/h5-10,13,16,19-20,22H,3-4,11-12,14-15,17-18H2,1-2H3. The van der Waals surface area contributed by atoms with Crippen LogP contribution in [0.1, 0.15) is 52.0 Å². The topological polar surface area (TPSA) is 82.3 Å². The summed E-state index contributed by atoms with van der Waals surface area (Å²) in [4.78, 5) is 31.7. The molecule has 0 N–H and O–H groups in total. The number of aryl methyl sites for hydroxylation is 1. The number of nitrogens with zero attached hydrogens (tertiary/aromatic N) is 5. The number of fused-ring (bicyclic) bond motifs is 1. The maximum atomic E-state index is 13.0. The molecule has 0 spiro atoms. The molecule has 3 heterocycles. The number of carbonyl (C=O) groups is 2. The zero-order valence-corrected chi connectivity index (χ0v) is 21.5. The van der Waals surface area contributed by atoms with Crippen LogP contribution in [0.25, 0.3) is 16.6 Å². The number of ether oxygens (including phenoxy) is 1. The van der Waals surface area contributed by atoms with Crippen molar-refractivity contribution in [3.05, 3.63) is 78.0 Å². The highest BCUT2D eigenvalue weighted by molar-refractivity contribution is 6.01. The molecule has 1 saturated heterocycles. The van der Waals surface area contributed by atoms with Crippen LogP contribution in [0.2, 0.25) is 0 Å². The summed E-state index contributed by atoms with van der Waals surface area (Å²) in [6, 6.07) is 11.5. The average Bonchev–Trinajstić information content (AvgIpc) is 3.60. The molecule has 0 aliphatic carbocycles. The van der Waals surface area contributed by atoms with Gasteiger partial charge in [-0.05, 0) is 74.1 Å². The zero-order valence-electron chi connectivity index (χ0n) is 21.5. The van der Waals surface area contributed by atoms with E-state index >= 15 is 0 Å². The summed E-state index contributed by atoms with van der Waals surface area (Å²) in [5.74, 6) is 0.689. The normalized spacial score (nSPS) is 14.4. The van der Waals surface area contributed by atoms with Crippen LogP contribution in [-0.4, -0.2) is 62.7 Å². The van der Waals surface area contributed by atoms with E-state index in [0.29, 0.717) is 24.5 Å². The van der Waals surface area contributed by atoms with Crippen molar-refractivity contribution in [1.29, 1.82) is 0 Å². The first-order valence-electron chi connectivity index (χ1n) is 12.9. The molecular weight excluding hydrogens is 466 g/mol. The number of Topliss-reactive ketones (excluding diaryl/α,β-unsaturated/α-hetero) is 1. The Morgan fingerprint density at radius 3 is 2.57 bits per heavy atom. The van der Waals surface area contributed by atoms with Gasteiger partial charge in [0.25, 0.3) is 5.91 Å². The van der Waals surface area contributed by atoms with Gasteiger partial charge in [-0.1, -0.05) is 0 Å². The number of ketones is 1. The Labute approximate surface area is 216 Å². The van der Waals surface area contributed by atoms with Gasteiger partial charge < -0.3 is 14.2 Å². The van der Waals surface area contributed by atoms with Crippen LogP contribution in [0.15, 0.2) is 61.3 Å². The van der Waals surface area contributed by atoms with E-state index < -0.39 is 0 Å². The number of rotatable bonds is 9. The Balaban J connectivity index is 1.18. The van der Waals surface area contributed by atoms with Gasteiger partial charge in [0.2, 0.25) is 0 Å². The molecule has 0 atom stereocenters. The molecule has 0 unspecified atom stereocenters. The van der Waals surface area contributed by atoms with Gasteiger partial charge in [0.05, 0.1) is 11.8 Å². The lowest BCUT2D eigenvalue weighted by atomic mass is 9.96. The van der Waals surface area contributed by atoms with E-state index in [0.717, 1.165) is 66.6 Å². The first kappa shape index (κ1) is 24.9. The van der Waals surface area contributed by atoms with Gasteiger partial charge in [0.15, 0.2) is 5.78 Å². The summed E-state index contributed by atoms with van der Waals surface area (Å²) in [5.41, 5.74) is 4.37. The molecule has 0 bridgehead atoms. The van der Waals surface area contributed by atoms with Gasteiger partial charge >= 0.3 is 0 Å². The highest BCUT2D eigenvalue weighted by Crippen LogP contribution is 2.25. The van der Waals surface area contributed by atoms with Gasteiger partial charge in [0, 0.05) is 80.6 Å². The molecule has 2 aromatic heterocycles. The van der Waals surface area contributed by atoms with Crippen LogP contribution in [0.4, 0.5) is 0 Å². The molecule has 37 heavy (non-hydrogen) atoms. The number of amides is 1. The maximum Gasteiger partial charge on any atom is 0.253 e.